The summed E-state index contributed by atoms with van der Waals surface area (Å²) in [6.45, 7) is 2.77. The molecule has 0 aromatic rings. The summed E-state index contributed by atoms with van der Waals surface area (Å²) >= 11 is 0. The number of esters is 1. The number of nitrogens with zero attached hydrogens (tertiary/aromatic N) is 1. The van der Waals surface area contributed by atoms with Gasteiger partial charge in [0.15, 0.2) is 0 Å². The Bertz CT molecular complexity index is 342. The molecule has 2 rings (SSSR count). The fraction of sp³-hybridized carbons (Fsp3) is 0.867. The summed E-state index contributed by atoms with van der Waals surface area (Å²) < 4.78 is 4.66. The number of ether oxygens (including phenoxy) is 1. The summed E-state index contributed by atoms with van der Waals surface area (Å²) in [5.74, 6) is 1.99. The molecule has 0 aromatic carbocycles. The maximum Gasteiger partial charge on any atom is 0.325 e. The molecule has 2 aliphatic carbocycles. The first-order valence-electron chi connectivity index (χ1n) is 7.48. The highest BCUT2D eigenvalue weighted by atomic mass is 16.5. The van der Waals surface area contributed by atoms with Gasteiger partial charge in [0.25, 0.3) is 0 Å². The molecule has 2 bridgehead atoms. The summed E-state index contributed by atoms with van der Waals surface area (Å²) in [5.41, 5.74) is 0. The van der Waals surface area contributed by atoms with Crippen LogP contribution >= 0.6 is 0 Å². The van der Waals surface area contributed by atoms with Gasteiger partial charge < -0.3 is 9.64 Å². The van der Waals surface area contributed by atoms with Gasteiger partial charge in [-0.15, -0.1) is 0 Å². The third kappa shape index (κ3) is 3.48. The number of fused-ring (bicyclic) bond motifs is 2. The Morgan fingerprint density at radius 1 is 1.26 bits per heavy atom. The minimum absolute atomic E-state index is 0.101. The molecule has 0 heterocycles. The van der Waals surface area contributed by atoms with Crippen LogP contribution in [-0.2, 0) is 14.3 Å². The lowest BCUT2D eigenvalue weighted by molar-refractivity contribution is -0.147. The van der Waals surface area contributed by atoms with Crippen LogP contribution < -0.4 is 0 Å². The molecule has 1 amide bonds. The van der Waals surface area contributed by atoms with Crippen molar-refractivity contribution < 1.29 is 14.3 Å². The molecule has 4 nitrogen and oxygen atoms in total. The number of hydrogen-bond donors (Lipinski definition) is 0. The molecule has 2 fully saturated rings. The average Bonchev–Trinajstić information content (AvgIpc) is 3.00. The third-order valence-electron chi connectivity index (χ3n) is 4.72. The van der Waals surface area contributed by atoms with E-state index >= 15 is 0 Å². The van der Waals surface area contributed by atoms with Gasteiger partial charge in [0.05, 0.1) is 7.11 Å². The highest BCUT2D eigenvalue weighted by molar-refractivity contribution is 5.82. The largest absolute Gasteiger partial charge is 0.468 e. The van der Waals surface area contributed by atoms with Crippen molar-refractivity contribution >= 4 is 11.9 Å². The molecule has 0 aromatic heterocycles. The number of carbonyl (C=O) groups excluding carboxylic acids is 2. The van der Waals surface area contributed by atoms with Gasteiger partial charge in [-0.2, -0.15) is 0 Å². The van der Waals surface area contributed by atoms with E-state index in [1.165, 1.54) is 32.8 Å². The zero-order valence-corrected chi connectivity index (χ0v) is 12.1. The number of carbonyl (C=O) groups is 2. The molecular weight excluding hydrogens is 242 g/mol. The van der Waals surface area contributed by atoms with Gasteiger partial charge >= 0.3 is 5.97 Å². The molecule has 3 unspecified atom stereocenters. The van der Waals surface area contributed by atoms with E-state index in [0.29, 0.717) is 18.9 Å². The van der Waals surface area contributed by atoms with Gasteiger partial charge in [0.1, 0.15) is 6.54 Å². The van der Waals surface area contributed by atoms with Gasteiger partial charge in [-0.05, 0) is 43.4 Å². The van der Waals surface area contributed by atoms with Crippen molar-refractivity contribution in [3.05, 3.63) is 0 Å². The Balaban J connectivity index is 1.86. The smallest absolute Gasteiger partial charge is 0.325 e. The molecule has 108 valence electrons. The SMILES string of the molecule is CCCN(CC(=O)OC)C(=O)CC1CC2CCC1C2. The van der Waals surface area contributed by atoms with E-state index < -0.39 is 0 Å². The topological polar surface area (TPSA) is 46.6 Å². The van der Waals surface area contributed by atoms with Crippen molar-refractivity contribution in [1.82, 2.24) is 4.90 Å². The summed E-state index contributed by atoms with van der Waals surface area (Å²) in [4.78, 5) is 25.3. The number of rotatable bonds is 6. The maximum atomic E-state index is 12.3. The molecule has 3 atom stereocenters. The minimum Gasteiger partial charge on any atom is -0.468 e. The Hall–Kier alpha value is -1.06. The lowest BCUT2D eigenvalue weighted by atomic mass is 9.86. The Kier molecular flexibility index (Phi) is 4.83. The fourth-order valence-corrected chi connectivity index (χ4v) is 3.76. The van der Waals surface area contributed by atoms with Crippen LogP contribution in [0.2, 0.25) is 0 Å². The lowest BCUT2D eigenvalue weighted by Crippen LogP contribution is -2.38. The Morgan fingerprint density at radius 3 is 2.58 bits per heavy atom. The highest BCUT2D eigenvalue weighted by Gasteiger charge is 2.40. The van der Waals surface area contributed by atoms with Crippen molar-refractivity contribution in [1.29, 1.82) is 0 Å². The molecule has 2 saturated carbocycles. The zero-order valence-electron chi connectivity index (χ0n) is 12.1. The van der Waals surface area contributed by atoms with Crippen LogP contribution in [0.1, 0.15) is 45.4 Å². The van der Waals surface area contributed by atoms with Gasteiger partial charge in [-0.1, -0.05) is 13.3 Å². The summed E-state index contributed by atoms with van der Waals surface area (Å²) in [6.07, 6.45) is 6.69. The number of methoxy groups -OCH3 is 1. The molecular formula is C15H25NO3. The van der Waals surface area contributed by atoms with Gasteiger partial charge in [0, 0.05) is 13.0 Å². The molecule has 2 aliphatic rings. The lowest BCUT2D eigenvalue weighted by Gasteiger charge is -2.26. The molecule has 19 heavy (non-hydrogen) atoms. The van der Waals surface area contributed by atoms with E-state index in [2.05, 4.69) is 4.74 Å². The predicted octanol–water partition coefficient (Wildman–Crippen LogP) is 2.22. The van der Waals surface area contributed by atoms with Gasteiger partial charge in [-0.3, -0.25) is 9.59 Å². The number of amides is 1. The van der Waals surface area contributed by atoms with Crippen molar-refractivity contribution in [3.63, 3.8) is 0 Å². The fourth-order valence-electron chi connectivity index (χ4n) is 3.76. The molecule has 0 aliphatic heterocycles. The quantitative estimate of drug-likeness (QED) is 0.693. The van der Waals surface area contributed by atoms with Crippen LogP contribution in [0.25, 0.3) is 0 Å². The molecule has 0 saturated heterocycles. The first-order chi connectivity index (χ1) is 9.13. The van der Waals surface area contributed by atoms with Crippen LogP contribution in [0.4, 0.5) is 0 Å². The van der Waals surface area contributed by atoms with E-state index in [9.17, 15) is 9.59 Å². The van der Waals surface area contributed by atoms with Crippen molar-refractivity contribution in [3.8, 4) is 0 Å². The second-order valence-electron chi connectivity index (χ2n) is 6.03. The van der Waals surface area contributed by atoms with Crippen molar-refractivity contribution in [2.24, 2.45) is 17.8 Å². The summed E-state index contributed by atoms with van der Waals surface area (Å²) in [5, 5.41) is 0. The first-order valence-corrected chi connectivity index (χ1v) is 7.48. The van der Waals surface area contributed by atoms with Gasteiger partial charge in [-0.25, -0.2) is 0 Å². The zero-order chi connectivity index (χ0) is 13.8. The predicted molar refractivity (Wildman–Crippen MR) is 72.4 cm³/mol. The van der Waals surface area contributed by atoms with Crippen LogP contribution in [0.3, 0.4) is 0 Å². The van der Waals surface area contributed by atoms with Crippen LogP contribution in [0, 0.1) is 17.8 Å². The average molecular weight is 267 g/mol. The first kappa shape index (κ1) is 14.4. The third-order valence-corrected chi connectivity index (χ3v) is 4.72. The van der Waals surface area contributed by atoms with Crippen LogP contribution in [0.15, 0.2) is 0 Å². The minimum atomic E-state index is -0.324. The molecule has 0 spiro atoms. The van der Waals surface area contributed by atoms with E-state index in [-0.39, 0.29) is 18.4 Å². The van der Waals surface area contributed by atoms with E-state index in [1.807, 2.05) is 6.92 Å². The normalized spacial score (nSPS) is 28.4. The van der Waals surface area contributed by atoms with E-state index in [0.717, 1.165) is 18.3 Å². The standard InChI is InChI=1S/C15H25NO3/c1-3-6-16(10-15(18)19-2)14(17)9-13-8-11-4-5-12(13)7-11/h11-13H,3-10H2,1-2H3. The van der Waals surface area contributed by atoms with Crippen molar-refractivity contribution in [2.45, 2.75) is 45.4 Å². The Morgan fingerprint density at radius 2 is 2.05 bits per heavy atom. The second kappa shape index (κ2) is 6.40. The monoisotopic (exact) mass is 267 g/mol. The second-order valence-corrected chi connectivity index (χ2v) is 6.03. The molecule has 4 heteroatoms. The Labute approximate surface area is 115 Å². The summed E-state index contributed by atoms with van der Waals surface area (Å²) in [6, 6.07) is 0. The molecule has 0 N–H and O–H groups in total. The highest BCUT2D eigenvalue weighted by Crippen LogP contribution is 2.49. The molecule has 0 radical (unpaired) electrons. The van der Waals surface area contributed by atoms with Crippen LogP contribution in [0.5, 0.6) is 0 Å². The van der Waals surface area contributed by atoms with Gasteiger partial charge in [0.2, 0.25) is 5.91 Å². The van der Waals surface area contributed by atoms with E-state index in [4.69, 9.17) is 0 Å². The maximum absolute atomic E-state index is 12.3. The summed E-state index contributed by atoms with van der Waals surface area (Å²) in [7, 11) is 1.37. The van der Waals surface area contributed by atoms with E-state index in [1.54, 1.807) is 4.90 Å². The number of hydrogen-bond acceptors (Lipinski definition) is 3. The van der Waals surface area contributed by atoms with Crippen molar-refractivity contribution in [2.75, 3.05) is 20.2 Å². The van der Waals surface area contributed by atoms with Crippen LogP contribution in [-0.4, -0.2) is 37.0 Å².